The molecular formula is C8H13N3OS. The summed E-state index contributed by atoms with van der Waals surface area (Å²) in [7, 11) is 0. The minimum absolute atomic E-state index is 0.190. The van der Waals surface area contributed by atoms with Crippen molar-refractivity contribution in [1.82, 2.24) is 10.3 Å². The Bertz CT molecular complexity index is 260. The van der Waals surface area contributed by atoms with Gasteiger partial charge in [-0.05, 0) is 13.3 Å². The second-order valence-electron chi connectivity index (χ2n) is 2.75. The number of amides is 2. The van der Waals surface area contributed by atoms with Crippen LogP contribution in [-0.2, 0) is 0 Å². The van der Waals surface area contributed by atoms with Crippen LogP contribution in [0, 0.1) is 0 Å². The Morgan fingerprint density at radius 2 is 2.54 bits per heavy atom. The van der Waals surface area contributed by atoms with E-state index in [0.717, 1.165) is 6.42 Å². The van der Waals surface area contributed by atoms with Gasteiger partial charge in [0.15, 0.2) is 5.13 Å². The number of aromatic nitrogens is 1. The summed E-state index contributed by atoms with van der Waals surface area (Å²) in [6.07, 6.45) is 2.58. The van der Waals surface area contributed by atoms with E-state index in [4.69, 9.17) is 0 Å². The van der Waals surface area contributed by atoms with Crippen LogP contribution >= 0.6 is 11.3 Å². The molecule has 2 N–H and O–H groups in total. The lowest BCUT2D eigenvalue weighted by molar-refractivity contribution is 0.249. The third-order valence-electron chi connectivity index (χ3n) is 1.64. The highest BCUT2D eigenvalue weighted by Crippen LogP contribution is 2.09. The third-order valence-corrected chi connectivity index (χ3v) is 2.33. The van der Waals surface area contributed by atoms with Gasteiger partial charge in [0.25, 0.3) is 0 Å². The molecule has 0 fully saturated rings. The van der Waals surface area contributed by atoms with Crippen LogP contribution in [0.3, 0.4) is 0 Å². The minimum Gasteiger partial charge on any atom is -0.335 e. The fourth-order valence-corrected chi connectivity index (χ4v) is 1.27. The van der Waals surface area contributed by atoms with Crippen LogP contribution in [0.4, 0.5) is 9.93 Å². The van der Waals surface area contributed by atoms with Crippen molar-refractivity contribution >= 4 is 22.5 Å². The summed E-state index contributed by atoms with van der Waals surface area (Å²) in [6.45, 7) is 3.98. The summed E-state index contributed by atoms with van der Waals surface area (Å²) in [6, 6.07) is 0.00395. The average Bonchev–Trinajstić information content (AvgIpc) is 2.56. The first-order valence-corrected chi connectivity index (χ1v) is 5.07. The van der Waals surface area contributed by atoms with E-state index in [9.17, 15) is 4.79 Å². The summed E-state index contributed by atoms with van der Waals surface area (Å²) in [4.78, 5) is 15.2. The first-order chi connectivity index (χ1) is 6.22. The predicted octanol–water partition coefficient (Wildman–Crippen LogP) is 2.06. The summed E-state index contributed by atoms with van der Waals surface area (Å²) < 4.78 is 0. The van der Waals surface area contributed by atoms with Gasteiger partial charge in [-0.3, -0.25) is 5.32 Å². The molecule has 13 heavy (non-hydrogen) atoms. The Kier molecular flexibility index (Phi) is 3.70. The van der Waals surface area contributed by atoms with Crippen LogP contribution < -0.4 is 10.6 Å². The number of rotatable bonds is 3. The van der Waals surface area contributed by atoms with Crippen molar-refractivity contribution in [3.63, 3.8) is 0 Å². The molecule has 0 radical (unpaired) electrons. The fourth-order valence-electron chi connectivity index (χ4n) is 0.744. The van der Waals surface area contributed by atoms with Crippen molar-refractivity contribution in [3.05, 3.63) is 11.6 Å². The number of carbonyl (C=O) groups excluding carboxylic acids is 1. The average molecular weight is 199 g/mol. The lowest BCUT2D eigenvalue weighted by atomic mass is 10.3. The quantitative estimate of drug-likeness (QED) is 0.783. The molecule has 1 aromatic heterocycles. The van der Waals surface area contributed by atoms with Crippen molar-refractivity contribution in [3.8, 4) is 0 Å². The fraction of sp³-hybridized carbons (Fsp3) is 0.500. The monoisotopic (exact) mass is 199 g/mol. The Balaban J connectivity index is 2.34. The summed E-state index contributed by atoms with van der Waals surface area (Å²) in [5, 5.41) is 7.87. The SMILES string of the molecule is CCC(C)NC(=O)Nc1nccs1. The predicted molar refractivity (Wildman–Crippen MR) is 54.0 cm³/mol. The van der Waals surface area contributed by atoms with Gasteiger partial charge in [-0.2, -0.15) is 0 Å². The number of nitrogens with one attached hydrogen (secondary N) is 2. The zero-order valence-corrected chi connectivity index (χ0v) is 8.52. The molecule has 72 valence electrons. The van der Waals surface area contributed by atoms with Gasteiger partial charge in [0.2, 0.25) is 0 Å². The van der Waals surface area contributed by atoms with Crippen LogP contribution in [-0.4, -0.2) is 17.1 Å². The highest BCUT2D eigenvalue weighted by atomic mass is 32.1. The molecule has 2 amide bonds. The molecule has 0 aliphatic carbocycles. The molecule has 0 saturated carbocycles. The Hall–Kier alpha value is -1.10. The normalized spacial score (nSPS) is 12.2. The molecule has 0 bridgehead atoms. The first kappa shape index (κ1) is 9.98. The number of carbonyl (C=O) groups is 1. The highest BCUT2D eigenvalue weighted by molar-refractivity contribution is 7.13. The lowest BCUT2D eigenvalue weighted by Crippen LogP contribution is -2.35. The molecular weight excluding hydrogens is 186 g/mol. The molecule has 5 heteroatoms. The maximum absolute atomic E-state index is 11.2. The number of urea groups is 1. The van der Waals surface area contributed by atoms with Gasteiger partial charge >= 0.3 is 6.03 Å². The number of thiazole rings is 1. The van der Waals surface area contributed by atoms with Gasteiger partial charge in [0.1, 0.15) is 0 Å². The van der Waals surface area contributed by atoms with Crippen molar-refractivity contribution in [2.45, 2.75) is 26.3 Å². The highest BCUT2D eigenvalue weighted by Gasteiger charge is 2.05. The summed E-state index contributed by atoms with van der Waals surface area (Å²) in [5.74, 6) is 0. The van der Waals surface area contributed by atoms with E-state index in [2.05, 4.69) is 15.6 Å². The molecule has 0 saturated heterocycles. The molecule has 4 nitrogen and oxygen atoms in total. The maximum Gasteiger partial charge on any atom is 0.321 e. The zero-order chi connectivity index (χ0) is 9.68. The Morgan fingerprint density at radius 1 is 1.77 bits per heavy atom. The third kappa shape index (κ3) is 3.42. The van der Waals surface area contributed by atoms with E-state index in [0.29, 0.717) is 5.13 Å². The van der Waals surface area contributed by atoms with E-state index in [-0.39, 0.29) is 12.1 Å². The van der Waals surface area contributed by atoms with E-state index in [1.807, 2.05) is 19.2 Å². The van der Waals surface area contributed by atoms with E-state index >= 15 is 0 Å². The second kappa shape index (κ2) is 4.81. The lowest BCUT2D eigenvalue weighted by Gasteiger charge is -2.10. The second-order valence-corrected chi connectivity index (χ2v) is 3.64. The standard InChI is InChI=1S/C8H13N3OS/c1-3-6(2)10-7(12)11-8-9-4-5-13-8/h4-6H,3H2,1-2H3,(H2,9,10,11,12). The molecule has 1 heterocycles. The largest absolute Gasteiger partial charge is 0.335 e. The number of anilines is 1. The number of hydrogen-bond donors (Lipinski definition) is 2. The van der Waals surface area contributed by atoms with Gasteiger partial charge in [-0.15, -0.1) is 11.3 Å². The van der Waals surface area contributed by atoms with Crippen molar-refractivity contribution in [2.24, 2.45) is 0 Å². The Labute approximate surface area is 81.4 Å². The minimum atomic E-state index is -0.190. The molecule has 1 rings (SSSR count). The zero-order valence-electron chi connectivity index (χ0n) is 7.70. The van der Waals surface area contributed by atoms with Gasteiger partial charge in [-0.1, -0.05) is 6.92 Å². The van der Waals surface area contributed by atoms with Gasteiger partial charge in [0.05, 0.1) is 0 Å². The Morgan fingerprint density at radius 3 is 3.08 bits per heavy atom. The molecule has 0 aliphatic heterocycles. The van der Waals surface area contributed by atoms with Crippen LogP contribution in [0.2, 0.25) is 0 Å². The van der Waals surface area contributed by atoms with Crippen LogP contribution in [0.5, 0.6) is 0 Å². The van der Waals surface area contributed by atoms with Gasteiger partial charge in [-0.25, -0.2) is 9.78 Å². The first-order valence-electron chi connectivity index (χ1n) is 4.19. The number of nitrogens with zero attached hydrogens (tertiary/aromatic N) is 1. The topological polar surface area (TPSA) is 54.0 Å². The molecule has 1 unspecified atom stereocenters. The molecule has 0 spiro atoms. The van der Waals surface area contributed by atoms with Crippen molar-refractivity contribution < 1.29 is 4.79 Å². The molecule has 1 aromatic rings. The van der Waals surface area contributed by atoms with Gasteiger partial charge in [0, 0.05) is 17.6 Å². The smallest absolute Gasteiger partial charge is 0.321 e. The number of hydrogen-bond acceptors (Lipinski definition) is 3. The molecule has 0 aliphatic rings. The van der Waals surface area contributed by atoms with Gasteiger partial charge < -0.3 is 5.32 Å². The van der Waals surface area contributed by atoms with Crippen LogP contribution in [0.1, 0.15) is 20.3 Å². The van der Waals surface area contributed by atoms with E-state index in [1.54, 1.807) is 6.20 Å². The molecule has 1 atom stereocenters. The summed E-state index contributed by atoms with van der Waals surface area (Å²) in [5.41, 5.74) is 0. The molecule has 0 aromatic carbocycles. The van der Waals surface area contributed by atoms with E-state index in [1.165, 1.54) is 11.3 Å². The van der Waals surface area contributed by atoms with E-state index < -0.39 is 0 Å². The van der Waals surface area contributed by atoms with Crippen LogP contribution in [0.15, 0.2) is 11.6 Å². The van der Waals surface area contributed by atoms with Crippen LogP contribution in [0.25, 0.3) is 0 Å². The van der Waals surface area contributed by atoms with Crippen molar-refractivity contribution in [2.75, 3.05) is 5.32 Å². The maximum atomic E-state index is 11.2. The summed E-state index contributed by atoms with van der Waals surface area (Å²) >= 11 is 1.40. The van der Waals surface area contributed by atoms with Crippen molar-refractivity contribution in [1.29, 1.82) is 0 Å².